The van der Waals surface area contributed by atoms with Crippen LogP contribution in [0.25, 0.3) is 0 Å². The number of amides is 1. The van der Waals surface area contributed by atoms with Crippen molar-refractivity contribution in [2.24, 2.45) is 0 Å². The first-order valence-electron chi connectivity index (χ1n) is 8.34. The van der Waals surface area contributed by atoms with Crippen molar-refractivity contribution in [2.75, 3.05) is 33.7 Å². The zero-order chi connectivity index (χ0) is 16.2. The van der Waals surface area contributed by atoms with Crippen LogP contribution in [0, 0.1) is 0 Å². The predicted octanol–water partition coefficient (Wildman–Crippen LogP) is 2.94. The topological polar surface area (TPSA) is 35.6 Å². The number of likely N-dealkylation sites (tertiary alicyclic amines) is 1. The van der Waals surface area contributed by atoms with E-state index in [-0.39, 0.29) is 11.6 Å². The van der Waals surface area contributed by atoms with E-state index in [9.17, 15) is 4.79 Å². The molecule has 2 saturated heterocycles. The highest BCUT2D eigenvalue weighted by molar-refractivity contribution is 5.77. The standard InChI is InChI=1S/C10H19N3O.3C2H6/c1-12-7-4-10(5-8-12)11-6-3-9(14)13(10)2;3*1-2/h11H,3-8H2,1-2H3;3*1-2H3. The Labute approximate surface area is 126 Å². The van der Waals surface area contributed by atoms with Crippen molar-refractivity contribution in [3.05, 3.63) is 0 Å². The van der Waals surface area contributed by atoms with Gasteiger partial charge in [-0.25, -0.2) is 0 Å². The number of hydrogen-bond acceptors (Lipinski definition) is 3. The summed E-state index contributed by atoms with van der Waals surface area (Å²) in [5.41, 5.74) is -0.0398. The normalized spacial score (nSPS) is 20.8. The molecule has 2 aliphatic rings. The molecule has 0 atom stereocenters. The highest BCUT2D eigenvalue weighted by atomic mass is 16.2. The second-order valence-electron chi connectivity index (χ2n) is 4.46. The average Bonchev–Trinajstić information content (AvgIpc) is 2.53. The van der Waals surface area contributed by atoms with Gasteiger partial charge < -0.3 is 9.80 Å². The molecule has 0 saturated carbocycles. The lowest BCUT2D eigenvalue weighted by molar-refractivity contribution is -0.143. The Hall–Kier alpha value is -0.610. The lowest BCUT2D eigenvalue weighted by Crippen LogP contribution is -2.66. The fourth-order valence-electron chi connectivity index (χ4n) is 2.43. The molecule has 1 amide bonds. The van der Waals surface area contributed by atoms with E-state index in [1.54, 1.807) is 0 Å². The van der Waals surface area contributed by atoms with Gasteiger partial charge in [-0.05, 0) is 19.9 Å². The molecule has 0 radical (unpaired) electrons. The highest BCUT2D eigenvalue weighted by Gasteiger charge is 2.41. The van der Waals surface area contributed by atoms with E-state index >= 15 is 0 Å². The van der Waals surface area contributed by atoms with E-state index in [2.05, 4.69) is 17.3 Å². The number of carbonyl (C=O) groups excluding carboxylic acids is 1. The molecule has 0 aromatic rings. The third kappa shape index (κ3) is 5.80. The Kier molecular flexibility index (Phi) is 13.2. The monoisotopic (exact) mass is 287 g/mol. The summed E-state index contributed by atoms with van der Waals surface area (Å²) in [6, 6.07) is 0. The molecule has 2 aliphatic heterocycles. The van der Waals surface area contributed by atoms with Gasteiger partial charge in [0.2, 0.25) is 5.91 Å². The van der Waals surface area contributed by atoms with Gasteiger partial charge in [0.25, 0.3) is 0 Å². The van der Waals surface area contributed by atoms with Crippen molar-refractivity contribution >= 4 is 5.91 Å². The van der Waals surface area contributed by atoms with Crippen molar-refractivity contribution in [3.63, 3.8) is 0 Å². The Balaban J connectivity index is 0. The van der Waals surface area contributed by atoms with Crippen LogP contribution in [-0.2, 0) is 4.79 Å². The first-order chi connectivity index (χ1) is 9.64. The molecule has 0 bridgehead atoms. The smallest absolute Gasteiger partial charge is 0.225 e. The maximum Gasteiger partial charge on any atom is 0.225 e. The van der Waals surface area contributed by atoms with Crippen LogP contribution in [0.15, 0.2) is 0 Å². The summed E-state index contributed by atoms with van der Waals surface area (Å²) in [5.74, 6) is 0.285. The lowest BCUT2D eigenvalue weighted by Gasteiger charge is -2.49. The molecular weight excluding hydrogens is 250 g/mol. The van der Waals surface area contributed by atoms with Gasteiger partial charge in [0.05, 0.1) is 5.66 Å². The zero-order valence-electron chi connectivity index (χ0n) is 15.0. The van der Waals surface area contributed by atoms with E-state index in [1.807, 2.05) is 53.5 Å². The molecular formula is C16H37N3O. The van der Waals surface area contributed by atoms with E-state index in [0.29, 0.717) is 6.42 Å². The molecule has 20 heavy (non-hydrogen) atoms. The zero-order valence-corrected chi connectivity index (χ0v) is 15.0. The van der Waals surface area contributed by atoms with Crippen molar-refractivity contribution in [3.8, 4) is 0 Å². The minimum Gasteiger partial charge on any atom is -0.327 e. The molecule has 0 aromatic heterocycles. The van der Waals surface area contributed by atoms with E-state index in [1.165, 1.54) is 0 Å². The fourth-order valence-corrected chi connectivity index (χ4v) is 2.43. The second kappa shape index (κ2) is 12.2. The summed E-state index contributed by atoms with van der Waals surface area (Å²) < 4.78 is 0. The number of piperidine rings is 1. The van der Waals surface area contributed by atoms with Crippen LogP contribution in [0.5, 0.6) is 0 Å². The molecule has 122 valence electrons. The lowest BCUT2D eigenvalue weighted by atomic mass is 9.93. The van der Waals surface area contributed by atoms with Gasteiger partial charge >= 0.3 is 0 Å². The largest absolute Gasteiger partial charge is 0.327 e. The van der Waals surface area contributed by atoms with Gasteiger partial charge in [0.1, 0.15) is 0 Å². The van der Waals surface area contributed by atoms with E-state index in [0.717, 1.165) is 32.5 Å². The number of nitrogens with one attached hydrogen (secondary N) is 1. The summed E-state index contributed by atoms with van der Waals surface area (Å²) in [6.07, 6.45) is 2.74. The van der Waals surface area contributed by atoms with E-state index in [4.69, 9.17) is 0 Å². The SMILES string of the molecule is CC.CC.CC.CN1CCC2(CC1)NCCC(=O)N2C. The van der Waals surface area contributed by atoms with Crippen molar-refractivity contribution in [1.29, 1.82) is 0 Å². The Morgan fingerprint density at radius 2 is 1.40 bits per heavy atom. The Morgan fingerprint density at radius 1 is 0.950 bits per heavy atom. The van der Waals surface area contributed by atoms with Crippen LogP contribution in [0.2, 0.25) is 0 Å². The van der Waals surface area contributed by atoms with E-state index < -0.39 is 0 Å². The molecule has 0 aromatic carbocycles. The Bertz CT molecular complexity index is 236. The molecule has 2 heterocycles. The average molecular weight is 287 g/mol. The number of nitrogens with zero attached hydrogens (tertiary/aromatic N) is 2. The summed E-state index contributed by atoms with van der Waals surface area (Å²) in [5, 5.41) is 3.51. The van der Waals surface area contributed by atoms with Crippen LogP contribution in [0.3, 0.4) is 0 Å². The van der Waals surface area contributed by atoms with Crippen LogP contribution in [-0.4, -0.2) is 55.1 Å². The molecule has 2 fully saturated rings. The van der Waals surface area contributed by atoms with Crippen molar-refractivity contribution < 1.29 is 4.79 Å². The predicted molar refractivity (Wildman–Crippen MR) is 88.9 cm³/mol. The maximum atomic E-state index is 11.6. The second-order valence-corrected chi connectivity index (χ2v) is 4.46. The summed E-state index contributed by atoms with van der Waals surface area (Å²) in [7, 11) is 4.07. The molecule has 4 heteroatoms. The molecule has 1 spiro atoms. The fraction of sp³-hybridized carbons (Fsp3) is 0.938. The van der Waals surface area contributed by atoms with Gasteiger partial charge in [-0.15, -0.1) is 0 Å². The minimum atomic E-state index is -0.0398. The van der Waals surface area contributed by atoms with Crippen molar-refractivity contribution in [1.82, 2.24) is 15.1 Å². The summed E-state index contributed by atoms with van der Waals surface area (Å²) in [6.45, 7) is 15.0. The van der Waals surface area contributed by atoms with Crippen LogP contribution in [0.1, 0.15) is 60.8 Å². The van der Waals surface area contributed by atoms with Crippen LogP contribution < -0.4 is 5.32 Å². The van der Waals surface area contributed by atoms with Gasteiger partial charge in [-0.2, -0.15) is 0 Å². The minimum absolute atomic E-state index is 0.0398. The molecule has 0 unspecified atom stereocenters. The van der Waals surface area contributed by atoms with Crippen LogP contribution in [0.4, 0.5) is 0 Å². The van der Waals surface area contributed by atoms with Gasteiger partial charge in [0.15, 0.2) is 0 Å². The first-order valence-corrected chi connectivity index (χ1v) is 8.34. The highest BCUT2D eigenvalue weighted by Crippen LogP contribution is 2.27. The molecule has 4 nitrogen and oxygen atoms in total. The number of hydrogen-bond donors (Lipinski definition) is 1. The summed E-state index contributed by atoms with van der Waals surface area (Å²) in [4.78, 5) is 15.9. The quantitative estimate of drug-likeness (QED) is 0.744. The molecule has 1 N–H and O–H groups in total. The van der Waals surface area contributed by atoms with Gasteiger partial charge in [-0.1, -0.05) is 41.5 Å². The number of rotatable bonds is 0. The Morgan fingerprint density at radius 3 is 1.85 bits per heavy atom. The third-order valence-corrected chi connectivity index (χ3v) is 3.62. The van der Waals surface area contributed by atoms with Gasteiger partial charge in [0, 0.05) is 33.1 Å². The first kappa shape index (κ1) is 21.7. The summed E-state index contributed by atoms with van der Waals surface area (Å²) >= 11 is 0. The van der Waals surface area contributed by atoms with Crippen LogP contribution >= 0.6 is 0 Å². The molecule has 2 rings (SSSR count). The third-order valence-electron chi connectivity index (χ3n) is 3.62. The van der Waals surface area contributed by atoms with Crippen molar-refractivity contribution in [2.45, 2.75) is 66.5 Å². The maximum absolute atomic E-state index is 11.6. The molecule has 0 aliphatic carbocycles. The van der Waals surface area contributed by atoms with Gasteiger partial charge in [-0.3, -0.25) is 10.1 Å². The number of carbonyl (C=O) groups is 1.